The number of para-hydroxylation sites is 1. The van der Waals surface area contributed by atoms with Gasteiger partial charge in [-0.05, 0) is 31.9 Å². The van der Waals surface area contributed by atoms with Crippen molar-refractivity contribution in [3.05, 3.63) is 53.6 Å². The van der Waals surface area contributed by atoms with E-state index in [4.69, 9.17) is 4.74 Å². The minimum absolute atomic E-state index is 0.0901. The summed E-state index contributed by atoms with van der Waals surface area (Å²) in [5.41, 5.74) is 1.84. The molecule has 0 unspecified atom stereocenters. The second-order valence-electron chi connectivity index (χ2n) is 8.11. The minimum Gasteiger partial charge on any atom is -0.379 e. The summed E-state index contributed by atoms with van der Waals surface area (Å²) in [5, 5.41) is 2.87. The second-order valence-corrected chi connectivity index (χ2v) is 8.11. The van der Waals surface area contributed by atoms with E-state index in [2.05, 4.69) is 20.2 Å². The third-order valence-electron chi connectivity index (χ3n) is 5.88. The van der Waals surface area contributed by atoms with Crippen molar-refractivity contribution in [2.24, 2.45) is 0 Å². The molecule has 164 valence electrons. The number of amides is 2. The molecule has 0 saturated carbocycles. The minimum atomic E-state index is -0.221. The summed E-state index contributed by atoms with van der Waals surface area (Å²) in [6.07, 6.45) is 3.47. The number of carbonyl (C=O) groups excluding carboxylic acids is 2. The van der Waals surface area contributed by atoms with Gasteiger partial charge in [-0.25, -0.2) is 9.97 Å². The van der Waals surface area contributed by atoms with Crippen molar-refractivity contribution < 1.29 is 14.3 Å². The summed E-state index contributed by atoms with van der Waals surface area (Å²) in [4.78, 5) is 38.6. The maximum atomic E-state index is 12.8. The largest absolute Gasteiger partial charge is 0.379 e. The molecule has 2 aliphatic rings. The molecule has 2 aromatic rings. The van der Waals surface area contributed by atoms with Gasteiger partial charge in [-0.2, -0.15) is 0 Å². The predicted octanol–water partition coefficient (Wildman–Crippen LogP) is 2.08. The van der Waals surface area contributed by atoms with E-state index in [1.54, 1.807) is 6.20 Å². The summed E-state index contributed by atoms with van der Waals surface area (Å²) >= 11 is 0. The fourth-order valence-electron chi connectivity index (χ4n) is 4.09. The van der Waals surface area contributed by atoms with Crippen LogP contribution in [-0.2, 0) is 9.53 Å². The van der Waals surface area contributed by atoms with Crippen LogP contribution >= 0.6 is 0 Å². The molecular formula is C23H29N5O3. The van der Waals surface area contributed by atoms with Crippen LogP contribution in [0.25, 0.3) is 0 Å². The number of morpholine rings is 1. The number of nitrogens with one attached hydrogen (secondary N) is 1. The Morgan fingerprint density at radius 3 is 2.68 bits per heavy atom. The van der Waals surface area contributed by atoms with Gasteiger partial charge in [0, 0.05) is 44.0 Å². The number of carbonyl (C=O) groups is 2. The van der Waals surface area contributed by atoms with E-state index in [9.17, 15) is 9.59 Å². The highest BCUT2D eigenvalue weighted by Gasteiger charge is 2.28. The molecule has 1 atom stereocenters. The molecule has 1 aromatic carbocycles. The number of rotatable bonds is 5. The van der Waals surface area contributed by atoms with Gasteiger partial charge in [0.15, 0.2) is 0 Å². The molecule has 1 aromatic heterocycles. The summed E-state index contributed by atoms with van der Waals surface area (Å²) in [6.45, 7) is 6.65. The maximum Gasteiger partial charge on any atom is 0.259 e. The molecular weight excluding hydrogens is 394 g/mol. The normalized spacial score (nSPS) is 19.8. The number of piperidine rings is 1. The lowest BCUT2D eigenvalue weighted by Crippen LogP contribution is -2.47. The van der Waals surface area contributed by atoms with Gasteiger partial charge in [0.1, 0.15) is 5.82 Å². The van der Waals surface area contributed by atoms with Crippen LogP contribution < -0.4 is 5.32 Å². The summed E-state index contributed by atoms with van der Waals surface area (Å²) < 4.78 is 5.36. The number of hydrogen-bond donors (Lipinski definition) is 1. The van der Waals surface area contributed by atoms with Crippen LogP contribution in [0.3, 0.4) is 0 Å². The lowest BCUT2D eigenvalue weighted by Gasteiger charge is -2.34. The van der Waals surface area contributed by atoms with Crippen LogP contribution in [0.2, 0.25) is 0 Å². The number of nitrogens with zero attached hydrogens (tertiary/aromatic N) is 4. The molecule has 0 spiro atoms. The highest BCUT2D eigenvalue weighted by Crippen LogP contribution is 2.25. The third kappa shape index (κ3) is 5.45. The van der Waals surface area contributed by atoms with E-state index in [0.29, 0.717) is 43.4 Å². The molecule has 1 N–H and O–H groups in total. The summed E-state index contributed by atoms with van der Waals surface area (Å²) in [5.74, 6) is 0.730. The zero-order chi connectivity index (χ0) is 21.6. The first-order chi connectivity index (χ1) is 15.1. The topological polar surface area (TPSA) is 87.7 Å². The van der Waals surface area contributed by atoms with Gasteiger partial charge in [0.05, 0.1) is 31.0 Å². The van der Waals surface area contributed by atoms with Gasteiger partial charge < -0.3 is 15.0 Å². The van der Waals surface area contributed by atoms with Gasteiger partial charge in [0.2, 0.25) is 5.91 Å². The number of aromatic nitrogens is 2. The third-order valence-corrected chi connectivity index (χ3v) is 5.88. The lowest BCUT2D eigenvalue weighted by molar-refractivity contribution is -0.134. The molecule has 8 heteroatoms. The zero-order valence-corrected chi connectivity index (χ0v) is 17.9. The number of ether oxygens (including phenoxy) is 1. The van der Waals surface area contributed by atoms with E-state index in [1.807, 2.05) is 42.2 Å². The second kappa shape index (κ2) is 9.98. The molecule has 2 aliphatic heterocycles. The van der Waals surface area contributed by atoms with Crippen molar-refractivity contribution in [1.82, 2.24) is 19.8 Å². The van der Waals surface area contributed by atoms with Gasteiger partial charge in [0.25, 0.3) is 5.91 Å². The SMILES string of the molecule is Cc1nc([C@H]2CCCN(C(=O)CN3CCOCC3)C2)ncc1C(=O)Nc1ccccc1. The fourth-order valence-corrected chi connectivity index (χ4v) is 4.09. The van der Waals surface area contributed by atoms with Crippen LogP contribution in [0.4, 0.5) is 5.69 Å². The molecule has 31 heavy (non-hydrogen) atoms. The number of likely N-dealkylation sites (tertiary alicyclic amines) is 1. The number of aryl methyl sites for hydroxylation is 1. The van der Waals surface area contributed by atoms with Crippen LogP contribution in [0.5, 0.6) is 0 Å². The Bertz CT molecular complexity index is 915. The van der Waals surface area contributed by atoms with E-state index < -0.39 is 0 Å². The molecule has 2 fully saturated rings. The van der Waals surface area contributed by atoms with Crippen molar-refractivity contribution in [3.8, 4) is 0 Å². The summed E-state index contributed by atoms with van der Waals surface area (Å²) in [7, 11) is 0. The lowest BCUT2D eigenvalue weighted by atomic mass is 9.96. The highest BCUT2D eigenvalue weighted by molar-refractivity contribution is 6.04. The van der Waals surface area contributed by atoms with Crippen molar-refractivity contribution in [2.45, 2.75) is 25.7 Å². The summed E-state index contributed by atoms with van der Waals surface area (Å²) in [6, 6.07) is 9.33. The van der Waals surface area contributed by atoms with Crippen molar-refractivity contribution in [1.29, 1.82) is 0 Å². The van der Waals surface area contributed by atoms with E-state index in [-0.39, 0.29) is 17.7 Å². The quantitative estimate of drug-likeness (QED) is 0.792. The number of hydrogen-bond acceptors (Lipinski definition) is 6. The van der Waals surface area contributed by atoms with Gasteiger partial charge in [-0.3, -0.25) is 14.5 Å². The molecule has 0 aliphatic carbocycles. The number of anilines is 1. The monoisotopic (exact) mass is 423 g/mol. The Morgan fingerprint density at radius 2 is 1.94 bits per heavy atom. The molecule has 8 nitrogen and oxygen atoms in total. The first-order valence-electron chi connectivity index (χ1n) is 10.9. The smallest absolute Gasteiger partial charge is 0.259 e. The van der Waals surface area contributed by atoms with E-state index in [0.717, 1.165) is 38.2 Å². The van der Waals surface area contributed by atoms with Gasteiger partial charge in [-0.15, -0.1) is 0 Å². The maximum absolute atomic E-state index is 12.8. The van der Waals surface area contributed by atoms with Crippen LogP contribution in [-0.4, -0.2) is 77.5 Å². The molecule has 2 saturated heterocycles. The first kappa shape index (κ1) is 21.4. The van der Waals surface area contributed by atoms with E-state index in [1.165, 1.54) is 0 Å². The molecule has 4 rings (SSSR count). The van der Waals surface area contributed by atoms with Crippen molar-refractivity contribution in [2.75, 3.05) is 51.3 Å². The highest BCUT2D eigenvalue weighted by atomic mass is 16.5. The Hall–Kier alpha value is -2.84. The Balaban J connectivity index is 1.39. The Kier molecular flexibility index (Phi) is 6.89. The average molecular weight is 424 g/mol. The van der Waals surface area contributed by atoms with E-state index >= 15 is 0 Å². The Labute approximate surface area is 182 Å². The van der Waals surface area contributed by atoms with Gasteiger partial charge >= 0.3 is 0 Å². The molecule has 3 heterocycles. The average Bonchev–Trinajstić information content (AvgIpc) is 2.80. The standard InChI is InChI=1S/C23H29N5O3/c1-17-20(23(30)26-19-7-3-2-4-8-19)14-24-22(25-17)18-6-5-9-28(15-18)21(29)16-27-10-12-31-13-11-27/h2-4,7-8,14,18H,5-6,9-13,15-16H2,1H3,(H,26,30)/t18-/m0/s1. The molecule has 0 bridgehead atoms. The number of benzene rings is 1. The van der Waals surface area contributed by atoms with Crippen molar-refractivity contribution >= 4 is 17.5 Å². The fraction of sp³-hybridized carbons (Fsp3) is 0.478. The zero-order valence-electron chi connectivity index (χ0n) is 17.9. The molecule has 0 radical (unpaired) electrons. The van der Waals surface area contributed by atoms with Crippen LogP contribution in [0.1, 0.15) is 40.6 Å². The Morgan fingerprint density at radius 1 is 1.16 bits per heavy atom. The van der Waals surface area contributed by atoms with Crippen molar-refractivity contribution in [3.63, 3.8) is 0 Å². The first-order valence-corrected chi connectivity index (χ1v) is 10.9. The van der Waals surface area contributed by atoms with Crippen LogP contribution in [0, 0.1) is 6.92 Å². The van der Waals surface area contributed by atoms with Gasteiger partial charge in [-0.1, -0.05) is 18.2 Å². The molecule has 2 amide bonds. The van der Waals surface area contributed by atoms with Crippen LogP contribution in [0.15, 0.2) is 36.5 Å². The predicted molar refractivity (Wildman–Crippen MR) is 117 cm³/mol.